The molecule has 0 unspecified atom stereocenters. The Bertz CT molecular complexity index is 3880. The van der Waals surface area contributed by atoms with E-state index in [1.54, 1.807) is 21.9 Å². The monoisotopic (exact) mass is 1520 g/mol. The van der Waals surface area contributed by atoms with Crippen molar-refractivity contribution < 1.29 is 0 Å². The number of benzene rings is 4. The van der Waals surface area contributed by atoms with Gasteiger partial charge in [0.25, 0.3) is 0 Å². The summed E-state index contributed by atoms with van der Waals surface area (Å²) in [4.78, 5) is 20.6. The number of hydrogen-bond donors (Lipinski definition) is 0. The Morgan fingerprint density at radius 2 is 0.598 bits per heavy atom. The number of unbranched alkanes of at least 4 members (excludes halogenated alkanes) is 45. The van der Waals surface area contributed by atoms with Crippen LogP contribution in [0.5, 0.6) is 0 Å². The van der Waals surface area contributed by atoms with Crippen LogP contribution in [0, 0.1) is 20.8 Å². The van der Waals surface area contributed by atoms with Gasteiger partial charge in [0.05, 0.1) is 31.8 Å². The van der Waals surface area contributed by atoms with E-state index in [-0.39, 0.29) is 0 Å². The lowest BCUT2D eigenvalue weighted by atomic mass is 9.91. The van der Waals surface area contributed by atoms with Crippen LogP contribution in [-0.4, -0.2) is 9.97 Å². The number of hydrogen-bond acceptors (Lipinski definition) is 6. The predicted octanol–water partition coefficient (Wildman–Crippen LogP) is 35.8. The van der Waals surface area contributed by atoms with E-state index in [4.69, 9.17) is 9.97 Å². The summed E-state index contributed by atoms with van der Waals surface area (Å²) in [6, 6.07) is 34.1. The van der Waals surface area contributed by atoms with Crippen molar-refractivity contribution in [3.8, 4) is 53.2 Å². The molecule has 0 atom stereocenters. The van der Waals surface area contributed by atoms with E-state index in [0.717, 1.165) is 52.8 Å². The fourth-order valence-electron chi connectivity index (χ4n) is 17.0. The van der Waals surface area contributed by atoms with Crippen molar-refractivity contribution in [3.63, 3.8) is 0 Å². The van der Waals surface area contributed by atoms with Crippen molar-refractivity contribution in [1.29, 1.82) is 0 Å². The highest BCUT2D eigenvalue weighted by atomic mass is 32.1. The summed E-state index contributed by atoms with van der Waals surface area (Å²) in [5.74, 6) is 0. The molecule has 0 radical (unpaired) electrons. The van der Waals surface area contributed by atoms with Gasteiger partial charge in [-0.25, -0.2) is 9.97 Å². The van der Waals surface area contributed by atoms with E-state index in [1.165, 1.54) is 406 Å². The summed E-state index contributed by atoms with van der Waals surface area (Å²) in [5.41, 5.74) is 17.8. The molecular weight excluding hydrogens is 1370 g/mol. The molecule has 0 aliphatic heterocycles. The van der Waals surface area contributed by atoms with E-state index in [2.05, 4.69) is 174 Å². The van der Waals surface area contributed by atoms with Gasteiger partial charge >= 0.3 is 0 Å². The van der Waals surface area contributed by atoms with Gasteiger partial charge < -0.3 is 0 Å². The second-order valence-electron chi connectivity index (χ2n) is 33.1. The van der Waals surface area contributed by atoms with Crippen molar-refractivity contribution in [3.05, 3.63) is 128 Å². The van der Waals surface area contributed by atoms with Crippen molar-refractivity contribution in [2.45, 2.75) is 409 Å². The first-order chi connectivity index (χ1) is 52.7. The molecule has 0 saturated heterocycles. The molecule has 0 N–H and O–H groups in total. The number of aromatic nitrogens is 2. The largest absolute Gasteiger partial charge is 0.243 e. The summed E-state index contributed by atoms with van der Waals surface area (Å²) in [5, 5.41) is 3.12. The molecule has 0 saturated carbocycles. The first-order valence-corrected chi connectivity index (χ1v) is 48.7. The van der Waals surface area contributed by atoms with Crippen LogP contribution in [0.2, 0.25) is 0 Å². The van der Waals surface area contributed by atoms with E-state index >= 15 is 0 Å². The quantitative estimate of drug-likeness (QED) is 0.0355. The van der Waals surface area contributed by atoms with Crippen LogP contribution >= 0.6 is 45.3 Å². The third-order valence-electron chi connectivity index (χ3n) is 23.7. The fraction of sp³-hybridized carbons (Fsp3) is 0.624. The highest BCUT2D eigenvalue weighted by molar-refractivity contribution is 7.31. The maximum atomic E-state index is 6.08. The topological polar surface area (TPSA) is 25.8 Å². The van der Waals surface area contributed by atoms with Crippen molar-refractivity contribution >= 4 is 76.6 Å². The zero-order valence-electron chi connectivity index (χ0n) is 69.5. The normalized spacial score (nSPS) is 11.9. The van der Waals surface area contributed by atoms with Gasteiger partial charge in [0.1, 0.15) is 0 Å². The zero-order valence-corrected chi connectivity index (χ0v) is 72.8. The van der Waals surface area contributed by atoms with Crippen LogP contribution in [0.15, 0.2) is 84.9 Å². The number of rotatable bonds is 60. The van der Waals surface area contributed by atoms with E-state index in [9.17, 15) is 0 Å². The summed E-state index contributed by atoms with van der Waals surface area (Å²) in [7, 11) is 0. The minimum atomic E-state index is 0.980. The molecule has 9 aromatic rings. The molecule has 0 bridgehead atoms. The second kappa shape index (κ2) is 50.5. The summed E-state index contributed by atoms with van der Waals surface area (Å²) >= 11 is 8.20. The fourth-order valence-corrected chi connectivity index (χ4v) is 21.9. The Balaban J connectivity index is 1.05. The Hall–Kier alpha value is -4.46. The zero-order chi connectivity index (χ0) is 74.9. The van der Waals surface area contributed by atoms with Crippen molar-refractivity contribution in [2.75, 3.05) is 0 Å². The summed E-state index contributed by atoms with van der Waals surface area (Å²) in [6.45, 7) is 18.6. The van der Waals surface area contributed by atoms with Crippen LogP contribution in [-0.2, 0) is 32.1 Å². The maximum Gasteiger partial charge on any atom is 0.0988 e. The third kappa shape index (κ3) is 28.3. The van der Waals surface area contributed by atoms with Crippen LogP contribution in [0.3, 0.4) is 0 Å². The van der Waals surface area contributed by atoms with Gasteiger partial charge in [-0.1, -0.05) is 390 Å². The van der Waals surface area contributed by atoms with Gasteiger partial charge in [-0.05, 0) is 148 Å². The molecule has 0 fully saturated rings. The Morgan fingerprint density at radius 1 is 0.271 bits per heavy atom. The van der Waals surface area contributed by atoms with Gasteiger partial charge in [-0.2, -0.15) is 0 Å². The smallest absolute Gasteiger partial charge is 0.0988 e. The SMILES string of the molecule is CCCCCCCCCCCCCCCCCCCCc1ccc(-c2nc3c(-c4cc(CCCCCCCCCCCC)c(C)s4)ccc(-c4cc(CCCCCCCCCCCC)c(-c5cc6c(CCCCCCCC)c(CCCCCCCC)c7cc(C)sc7c6s5)s4)c3nc2-c2ccc(C)cc2)cc1. The van der Waals surface area contributed by atoms with Crippen LogP contribution in [0.4, 0.5) is 0 Å². The lowest BCUT2D eigenvalue weighted by Gasteiger charge is -2.15. The molecule has 4 aromatic carbocycles. The summed E-state index contributed by atoms with van der Waals surface area (Å²) in [6.07, 6.45) is 74.2. The molecule has 0 spiro atoms. The lowest BCUT2D eigenvalue weighted by Crippen LogP contribution is -1.99. The van der Waals surface area contributed by atoms with E-state index in [0.29, 0.717) is 0 Å². The third-order valence-corrected chi connectivity index (χ3v) is 28.6. The average molecular weight is 1520 g/mol. The van der Waals surface area contributed by atoms with Gasteiger partial charge in [0.2, 0.25) is 0 Å². The maximum absolute atomic E-state index is 6.08. The Labute approximate surface area is 671 Å². The van der Waals surface area contributed by atoms with Crippen LogP contribution in [0.1, 0.15) is 399 Å². The molecule has 2 nitrogen and oxygen atoms in total. The highest BCUT2D eigenvalue weighted by Gasteiger charge is 2.26. The molecule has 6 heteroatoms. The number of fused-ring (bicyclic) bond motifs is 4. The standard InChI is InChI=1S/C101H148N2S4/c1-9-14-19-24-29-32-35-36-37-38-39-40-41-42-43-46-49-54-59-81-66-70-83(71-67-81)96-95(82-68-64-78(6)65-69-82)102-98-89(73-72-88(97(98)103-96)92-75-84(80(8)105-92)60-55-50-47-44-33-30-25-20-15-10-2)93-76-85(61-56-51-48-45-34-31-26-21-16-11-3)99(106-93)94-77-91-87(63-58-53-28-23-18-13-5)86(62-57-52-27-22-17-12-4)90-74-79(7)104-100(90)101(91)107-94/h64-77H,9-63H2,1-8H3. The molecule has 0 amide bonds. The first-order valence-electron chi connectivity index (χ1n) is 45.4. The number of nitrogens with zero attached hydrogens (tertiary/aromatic N) is 2. The minimum Gasteiger partial charge on any atom is -0.243 e. The van der Waals surface area contributed by atoms with Gasteiger partial charge in [-0.15, -0.1) is 45.3 Å². The Kier molecular flexibility index (Phi) is 40.8. The molecule has 586 valence electrons. The highest BCUT2D eigenvalue weighted by Crippen LogP contribution is 2.51. The molecule has 0 aliphatic carbocycles. The van der Waals surface area contributed by atoms with E-state index < -0.39 is 0 Å². The number of aryl methyl sites for hydroxylation is 8. The molecule has 5 heterocycles. The van der Waals surface area contributed by atoms with Gasteiger partial charge in [0.15, 0.2) is 0 Å². The molecule has 0 aliphatic rings. The van der Waals surface area contributed by atoms with Crippen LogP contribution in [0.25, 0.3) is 84.4 Å². The molecule has 9 rings (SSSR count). The minimum absolute atomic E-state index is 0.980. The van der Waals surface area contributed by atoms with Crippen molar-refractivity contribution in [2.24, 2.45) is 0 Å². The van der Waals surface area contributed by atoms with Crippen LogP contribution < -0.4 is 0 Å². The summed E-state index contributed by atoms with van der Waals surface area (Å²) < 4.78 is 3.07. The average Bonchev–Trinajstić information content (AvgIpc) is 1.70. The molecule has 5 aromatic heterocycles. The molecular formula is C101H148N2S4. The van der Waals surface area contributed by atoms with Crippen molar-refractivity contribution in [1.82, 2.24) is 9.97 Å². The lowest BCUT2D eigenvalue weighted by molar-refractivity contribution is 0.525. The van der Waals surface area contributed by atoms with Gasteiger partial charge in [-0.3, -0.25) is 0 Å². The van der Waals surface area contributed by atoms with E-state index in [1.807, 2.05) is 11.3 Å². The first kappa shape index (κ1) is 86.5. The number of thiophene rings is 4. The Morgan fingerprint density at radius 3 is 1.01 bits per heavy atom. The molecule has 107 heavy (non-hydrogen) atoms. The predicted molar refractivity (Wildman–Crippen MR) is 485 cm³/mol. The second-order valence-corrected chi connectivity index (χ2v) is 37.7. The van der Waals surface area contributed by atoms with Gasteiger partial charge in [0, 0.05) is 51.5 Å².